The Bertz CT molecular complexity index is 558. The van der Waals surface area contributed by atoms with E-state index in [0.717, 1.165) is 18.4 Å². The maximum Gasteiger partial charge on any atom is 0.294 e. The van der Waals surface area contributed by atoms with Gasteiger partial charge in [-0.25, -0.2) is 0 Å². The van der Waals surface area contributed by atoms with Gasteiger partial charge in [0, 0.05) is 0 Å². The summed E-state index contributed by atoms with van der Waals surface area (Å²) in [5.41, 5.74) is 0.730. The van der Waals surface area contributed by atoms with E-state index in [-0.39, 0.29) is 11.0 Å². The predicted molar refractivity (Wildman–Crippen MR) is 111 cm³/mol. The van der Waals surface area contributed by atoms with Gasteiger partial charge in [0.15, 0.2) is 0 Å². The largest absolute Gasteiger partial charge is 0.344 e. The second-order valence-electron chi connectivity index (χ2n) is 7.08. The van der Waals surface area contributed by atoms with Crippen molar-refractivity contribution in [1.82, 2.24) is 6.15 Å². The van der Waals surface area contributed by atoms with E-state index in [9.17, 15) is 13.0 Å². The van der Waals surface area contributed by atoms with Crippen molar-refractivity contribution in [3.05, 3.63) is 29.8 Å². The molecule has 0 aliphatic heterocycles. The Morgan fingerprint density at radius 1 is 0.731 bits per heavy atom. The van der Waals surface area contributed by atoms with Gasteiger partial charge in [0.1, 0.15) is 0 Å². The third-order valence-electron chi connectivity index (χ3n) is 4.80. The minimum atomic E-state index is -4.10. The first kappa shape index (κ1) is 25.1. The molecule has 0 saturated carbocycles. The van der Waals surface area contributed by atoms with Crippen molar-refractivity contribution in [2.24, 2.45) is 0 Å². The fourth-order valence-corrected chi connectivity index (χ4v) is 4.05. The van der Waals surface area contributed by atoms with Gasteiger partial charge in [0.2, 0.25) is 0 Å². The molecule has 4 N–H and O–H groups in total. The SMILES string of the molecule is CCCCCCCCCCCCCCCc1ccccc1S(=O)(=O)O.N. The second kappa shape index (κ2) is 15.2. The Morgan fingerprint density at radius 3 is 1.62 bits per heavy atom. The van der Waals surface area contributed by atoms with E-state index in [1.54, 1.807) is 12.1 Å². The van der Waals surface area contributed by atoms with Crippen molar-refractivity contribution in [1.29, 1.82) is 0 Å². The third-order valence-corrected chi connectivity index (χ3v) is 5.75. The van der Waals surface area contributed by atoms with E-state index in [0.29, 0.717) is 6.42 Å². The zero-order valence-electron chi connectivity index (χ0n) is 16.6. The monoisotopic (exact) mass is 385 g/mol. The highest BCUT2D eigenvalue weighted by Crippen LogP contribution is 2.18. The van der Waals surface area contributed by atoms with E-state index < -0.39 is 10.1 Å². The van der Waals surface area contributed by atoms with Crippen molar-refractivity contribution in [2.45, 2.75) is 102 Å². The number of rotatable bonds is 15. The fraction of sp³-hybridized carbons (Fsp3) is 0.714. The van der Waals surface area contributed by atoms with Gasteiger partial charge in [-0.3, -0.25) is 4.55 Å². The van der Waals surface area contributed by atoms with Crippen LogP contribution in [0.2, 0.25) is 0 Å². The van der Waals surface area contributed by atoms with Crippen LogP contribution in [0.5, 0.6) is 0 Å². The predicted octanol–water partition coefficient (Wildman–Crippen LogP) is 6.73. The van der Waals surface area contributed by atoms with Crippen molar-refractivity contribution < 1.29 is 13.0 Å². The highest BCUT2D eigenvalue weighted by molar-refractivity contribution is 7.85. The highest BCUT2D eigenvalue weighted by atomic mass is 32.2. The summed E-state index contributed by atoms with van der Waals surface area (Å²) in [6.45, 7) is 2.26. The van der Waals surface area contributed by atoms with Crippen LogP contribution in [0, 0.1) is 0 Å². The zero-order valence-corrected chi connectivity index (χ0v) is 17.4. The molecule has 0 aromatic heterocycles. The van der Waals surface area contributed by atoms with Gasteiger partial charge in [-0.1, -0.05) is 102 Å². The number of hydrogen-bond donors (Lipinski definition) is 2. The molecule has 0 unspecified atom stereocenters. The summed E-state index contributed by atoms with van der Waals surface area (Å²) < 4.78 is 31.9. The molecule has 0 aliphatic carbocycles. The van der Waals surface area contributed by atoms with E-state index in [4.69, 9.17) is 0 Å². The minimum absolute atomic E-state index is 0. The summed E-state index contributed by atoms with van der Waals surface area (Å²) in [7, 11) is -4.10. The Kier molecular flexibility index (Phi) is 14.6. The molecule has 26 heavy (non-hydrogen) atoms. The van der Waals surface area contributed by atoms with Crippen molar-refractivity contribution >= 4 is 10.1 Å². The van der Waals surface area contributed by atoms with Gasteiger partial charge >= 0.3 is 0 Å². The van der Waals surface area contributed by atoms with Crippen LogP contribution >= 0.6 is 0 Å². The van der Waals surface area contributed by atoms with Crippen molar-refractivity contribution in [3.8, 4) is 0 Å². The minimum Gasteiger partial charge on any atom is -0.344 e. The lowest BCUT2D eigenvalue weighted by molar-refractivity contribution is 0.481. The summed E-state index contributed by atoms with van der Waals surface area (Å²) >= 11 is 0. The van der Waals surface area contributed by atoms with Gasteiger partial charge in [-0.15, -0.1) is 0 Å². The van der Waals surface area contributed by atoms with Gasteiger partial charge in [-0.2, -0.15) is 8.42 Å². The van der Waals surface area contributed by atoms with E-state index in [1.165, 1.54) is 76.7 Å². The lowest BCUT2D eigenvalue weighted by atomic mass is 10.0. The average molecular weight is 386 g/mol. The number of aryl methyl sites for hydroxylation is 1. The lowest BCUT2D eigenvalue weighted by Crippen LogP contribution is -2.03. The standard InChI is InChI=1S/C21H36O3S.H3N/c1-2-3-4-5-6-7-8-9-10-11-12-13-14-17-20-18-15-16-19-21(20)25(22,23)24;/h15-16,18-19H,2-14,17H2,1H3,(H,22,23,24);1H3. The molecule has 0 bridgehead atoms. The number of benzene rings is 1. The Morgan fingerprint density at radius 2 is 1.15 bits per heavy atom. The van der Waals surface area contributed by atoms with Gasteiger partial charge in [-0.05, 0) is 24.5 Å². The summed E-state index contributed by atoms with van der Waals surface area (Å²) in [6, 6.07) is 6.75. The van der Waals surface area contributed by atoms with Crippen LogP contribution < -0.4 is 6.15 Å². The van der Waals surface area contributed by atoms with Crippen molar-refractivity contribution in [3.63, 3.8) is 0 Å². The molecule has 0 saturated heterocycles. The highest BCUT2D eigenvalue weighted by Gasteiger charge is 2.13. The lowest BCUT2D eigenvalue weighted by Gasteiger charge is -2.07. The van der Waals surface area contributed by atoms with Gasteiger partial charge in [0.05, 0.1) is 4.90 Å². The quantitative estimate of drug-likeness (QED) is 0.259. The molecule has 0 fully saturated rings. The fourth-order valence-electron chi connectivity index (χ4n) is 3.30. The Hall–Kier alpha value is -0.910. The van der Waals surface area contributed by atoms with Gasteiger partial charge in [0.25, 0.3) is 10.1 Å². The third kappa shape index (κ3) is 11.7. The Labute approximate surface area is 161 Å². The average Bonchev–Trinajstić information content (AvgIpc) is 2.58. The molecular weight excluding hydrogens is 346 g/mol. The van der Waals surface area contributed by atoms with Crippen LogP contribution in [0.15, 0.2) is 29.2 Å². The summed E-state index contributed by atoms with van der Waals surface area (Å²) in [4.78, 5) is 0.0638. The van der Waals surface area contributed by atoms with Crippen LogP contribution in [-0.2, 0) is 16.5 Å². The van der Waals surface area contributed by atoms with E-state index in [1.807, 2.05) is 6.07 Å². The maximum absolute atomic E-state index is 11.3. The second-order valence-corrected chi connectivity index (χ2v) is 8.47. The first-order valence-corrected chi connectivity index (χ1v) is 11.5. The zero-order chi connectivity index (χ0) is 18.4. The molecule has 152 valence electrons. The molecule has 0 spiro atoms. The molecule has 0 heterocycles. The summed E-state index contributed by atoms with van der Waals surface area (Å²) in [5.74, 6) is 0. The van der Waals surface area contributed by atoms with Gasteiger partial charge < -0.3 is 6.15 Å². The summed E-state index contributed by atoms with van der Waals surface area (Å²) in [6.07, 6.45) is 17.6. The first-order valence-electron chi connectivity index (χ1n) is 10.1. The molecular formula is C21H39NO3S. The topological polar surface area (TPSA) is 89.4 Å². The van der Waals surface area contributed by atoms with Crippen molar-refractivity contribution in [2.75, 3.05) is 0 Å². The van der Waals surface area contributed by atoms with E-state index >= 15 is 0 Å². The molecule has 1 rings (SSSR count). The van der Waals surface area contributed by atoms with Crippen LogP contribution in [0.4, 0.5) is 0 Å². The summed E-state index contributed by atoms with van der Waals surface area (Å²) in [5, 5.41) is 0. The Balaban J connectivity index is 0.00000625. The normalized spacial score (nSPS) is 11.3. The van der Waals surface area contributed by atoms with Crippen LogP contribution in [0.3, 0.4) is 0 Å². The van der Waals surface area contributed by atoms with Crippen LogP contribution in [0.25, 0.3) is 0 Å². The van der Waals surface area contributed by atoms with Crippen LogP contribution in [0.1, 0.15) is 96.0 Å². The number of unbranched alkanes of at least 4 members (excludes halogenated alkanes) is 12. The smallest absolute Gasteiger partial charge is 0.294 e. The number of hydrogen-bond acceptors (Lipinski definition) is 3. The van der Waals surface area contributed by atoms with E-state index in [2.05, 4.69) is 6.92 Å². The first-order chi connectivity index (χ1) is 12.1. The molecule has 0 aliphatic rings. The maximum atomic E-state index is 11.3. The molecule has 1 aromatic carbocycles. The molecule has 0 atom stereocenters. The van der Waals surface area contributed by atoms with Crippen LogP contribution in [-0.4, -0.2) is 13.0 Å². The molecule has 1 aromatic rings. The molecule has 5 heteroatoms. The molecule has 0 amide bonds. The molecule has 0 radical (unpaired) electrons. The molecule has 4 nitrogen and oxygen atoms in total.